The zero-order valence-electron chi connectivity index (χ0n) is 7.61. The number of hydrogen-bond donors (Lipinski definition) is 2. The standard InChI is InChI=1S/C9H10N2O3/c1-14-9(13)11-8-4-2-3-7(5-8)10-6-12/h2-6H,1H3,(H,10,12)(H,11,13). The van der Waals surface area contributed by atoms with Gasteiger partial charge in [-0.2, -0.15) is 0 Å². The molecule has 0 atom stereocenters. The summed E-state index contributed by atoms with van der Waals surface area (Å²) >= 11 is 0. The lowest BCUT2D eigenvalue weighted by Gasteiger charge is -2.04. The fourth-order valence-electron chi connectivity index (χ4n) is 0.924. The first-order valence-electron chi connectivity index (χ1n) is 3.91. The molecule has 1 rings (SSSR count). The Kier molecular flexibility index (Phi) is 3.49. The molecule has 0 radical (unpaired) electrons. The summed E-state index contributed by atoms with van der Waals surface area (Å²) < 4.78 is 4.41. The normalized spacial score (nSPS) is 8.93. The second-order valence-electron chi connectivity index (χ2n) is 2.46. The molecule has 0 fully saturated rings. The second kappa shape index (κ2) is 4.86. The zero-order chi connectivity index (χ0) is 10.4. The molecule has 2 N–H and O–H groups in total. The minimum absolute atomic E-state index is 0.548. The molecule has 0 unspecified atom stereocenters. The van der Waals surface area contributed by atoms with Crippen molar-refractivity contribution in [3.8, 4) is 0 Å². The highest BCUT2D eigenvalue weighted by Gasteiger charge is 2.00. The molecule has 0 heterocycles. The van der Waals surface area contributed by atoms with Gasteiger partial charge >= 0.3 is 6.09 Å². The average Bonchev–Trinajstić information content (AvgIpc) is 2.19. The van der Waals surface area contributed by atoms with Crippen molar-refractivity contribution in [2.24, 2.45) is 0 Å². The molecule has 0 aliphatic carbocycles. The predicted octanol–water partition coefficient (Wildman–Crippen LogP) is 1.43. The molecule has 0 spiro atoms. The number of carbonyl (C=O) groups excluding carboxylic acids is 2. The van der Waals surface area contributed by atoms with E-state index in [-0.39, 0.29) is 0 Å². The molecular formula is C9H10N2O3. The summed E-state index contributed by atoms with van der Waals surface area (Å²) in [5.74, 6) is 0. The van der Waals surface area contributed by atoms with Gasteiger partial charge in [0.25, 0.3) is 0 Å². The molecule has 1 aromatic carbocycles. The lowest BCUT2D eigenvalue weighted by molar-refractivity contribution is -0.105. The Bertz CT molecular complexity index is 339. The van der Waals surface area contributed by atoms with Crippen LogP contribution in [0.3, 0.4) is 0 Å². The van der Waals surface area contributed by atoms with Crippen molar-refractivity contribution in [3.63, 3.8) is 0 Å². The maximum absolute atomic E-state index is 10.8. The summed E-state index contributed by atoms with van der Waals surface area (Å²) in [5.41, 5.74) is 1.16. The molecule has 0 aliphatic heterocycles. The molecule has 0 saturated heterocycles. The lowest BCUT2D eigenvalue weighted by Crippen LogP contribution is -2.10. The second-order valence-corrected chi connectivity index (χ2v) is 2.46. The highest BCUT2D eigenvalue weighted by molar-refractivity contribution is 5.86. The van der Waals surface area contributed by atoms with Crippen LogP contribution in [0.5, 0.6) is 0 Å². The Morgan fingerprint density at radius 3 is 2.79 bits per heavy atom. The van der Waals surface area contributed by atoms with Crippen LogP contribution in [0.25, 0.3) is 0 Å². The van der Waals surface area contributed by atoms with Gasteiger partial charge in [0.2, 0.25) is 6.41 Å². The van der Waals surface area contributed by atoms with Crippen molar-refractivity contribution in [3.05, 3.63) is 24.3 Å². The SMILES string of the molecule is COC(=O)Nc1cccc(NC=O)c1. The molecule has 0 saturated carbocycles. The number of methoxy groups -OCH3 is 1. The van der Waals surface area contributed by atoms with Gasteiger partial charge in [0.1, 0.15) is 0 Å². The molecule has 14 heavy (non-hydrogen) atoms. The summed E-state index contributed by atoms with van der Waals surface area (Å²) in [6, 6.07) is 6.71. The average molecular weight is 194 g/mol. The molecule has 0 aromatic heterocycles. The number of anilines is 2. The number of ether oxygens (including phenoxy) is 1. The maximum atomic E-state index is 10.8. The summed E-state index contributed by atoms with van der Waals surface area (Å²) in [7, 11) is 1.28. The van der Waals surface area contributed by atoms with Crippen LogP contribution in [0, 0.1) is 0 Å². The highest BCUT2D eigenvalue weighted by Crippen LogP contribution is 2.14. The summed E-state index contributed by atoms with van der Waals surface area (Å²) in [6.07, 6.45) is 0.0188. The van der Waals surface area contributed by atoms with E-state index in [9.17, 15) is 9.59 Å². The zero-order valence-corrected chi connectivity index (χ0v) is 7.61. The minimum Gasteiger partial charge on any atom is -0.453 e. The van der Waals surface area contributed by atoms with Crippen LogP contribution >= 0.6 is 0 Å². The largest absolute Gasteiger partial charge is 0.453 e. The third-order valence-electron chi connectivity index (χ3n) is 1.52. The Hall–Kier alpha value is -2.04. The van der Waals surface area contributed by atoms with Gasteiger partial charge in [-0.3, -0.25) is 10.1 Å². The molecule has 74 valence electrons. The van der Waals surface area contributed by atoms with E-state index in [1.54, 1.807) is 24.3 Å². The van der Waals surface area contributed by atoms with Crippen molar-refractivity contribution in [1.82, 2.24) is 0 Å². The molecule has 5 heteroatoms. The van der Waals surface area contributed by atoms with Gasteiger partial charge in [0.15, 0.2) is 0 Å². The van der Waals surface area contributed by atoms with Crippen LogP contribution in [0.15, 0.2) is 24.3 Å². The van der Waals surface area contributed by atoms with Crippen LogP contribution in [0.1, 0.15) is 0 Å². The van der Waals surface area contributed by atoms with Gasteiger partial charge in [-0.15, -0.1) is 0 Å². The lowest BCUT2D eigenvalue weighted by atomic mass is 10.3. The number of benzene rings is 1. The molecule has 2 amide bonds. The van der Waals surface area contributed by atoms with Crippen LogP contribution in [0.4, 0.5) is 16.2 Å². The van der Waals surface area contributed by atoms with Gasteiger partial charge in [-0.25, -0.2) is 4.79 Å². The van der Waals surface area contributed by atoms with E-state index in [2.05, 4.69) is 15.4 Å². The minimum atomic E-state index is -0.548. The topological polar surface area (TPSA) is 67.4 Å². The first kappa shape index (κ1) is 10.0. The van der Waals surface area contributed by atoms with Crippen LogP contribution in [-0.4, -0.2) is 19.6 Å². The fraction of sp³-hybridized carbons (Fsp3) is 0.111. The summed E-state index contributed by atoms with van der Waals surface area (Å²) in [4.78, 5) is 21.0. The molecule has 0 bridgehead atoms. The quantitative estimate of drug-likeness (QED) is 0.715. The number of carbonyl (C=O) groups is 2. The molecular weight excluding hydrogens is 184 g/mol. The number of rotatable bonds is 3. The van der Waals surface area contributed by atoms with Gasteiger partial charge in [0, 0.05) is 11.4 Å². The van der Waals surface area contributed by atoms with Crippen LogP contribution < -0.4 is 10.6 Å². The van der Waals surface area contributed by atoms with Gasteiger partial charge in [-0.1, -0.05) is 6.07 Å². The van der Waals surface area contributed by atoms with Gasteiger partial charge < -0.3 is 10.1 Å². The maximum Gasteiger partial charge on any atom is 0.411 e. The Morgan fingerprint density at radius 2 is 2.14 bits per heavy atom. The van der Waals surface area contributed by atoms with E-state index in [0.717, 1.165) is 0 Å². The summed E-state index contributed by atoms with van der Waals surface area (Å²) in [5, 5.41) is 4.94. The fourth-order valence-corrected chi connectivity index (χ4v) is 0.924. The van der Waals surface area contributed by atoms with E-state index in [4.69, 9.17) is 0 Å². The molecule has 1 aromatic rings. The monoisotopic (exact) mass is 194 g/mol. The van der Waals surface area contributed by atoms with Crippen molar-refractivity contribution in [2.45, 2.75) is 0 Å². The van der Waals surface area contributed by atoms with Crippen LogP contribution in [-0.2, 0) is 9.53 Å². The van der Waals surface area contributed by atoms with E-state index in [1.807, 2.05) is 0 Å². The highest BCUT2D eigenvalue weighted by atomic mass is 16.5. The van der Waals surface area contributed by atoms with Gasteiger partial charge in [-0.05, 0) is 18.2 Å². The number of hydrogen-bond acceptors (Lipinski definition) is 3. The van der Waals surface area contributed by atoms with Crippen LogP contribution in [0.2, 0.25) is 0 Å². The first-order valence-corrected chi connectivity index (χ1v) is 3.91. The van der Waals surface area contributed by atoms with E-state index < -0.39 is 6.09 Å². The van der Waals surface area contributed by atoms with E-state index in [0.29, 0.717) is 17.8 Å². The Balaban J connectivity index is 2.72. The summed E-state index contributed by atoms with van der Waals surface area (Å²) in [6.45, 7) is 0. The van der Waals surface area contributed by atoms with Crippen molar-refractivity contribution in [1.29, 1.82) is 0 Å². The predicted molar refractivity (Wildman–Crippen MR) is 52.2 cm³/mol. The van der Waals surface area contributed by atoms with Crippen molar-refractivity contribution in [2.75, 3.05) is 17.7 Å². The molecule has 0 aliphatic rings. The van der Waals surface area contributed by atoms with Crippen molar-refractivity contribution >= 4 is 23.9 Å². The Morgan fingerprint density at radius 1 is 1.43 bits per heavy atom. The third kappa shape index (κ3) is 2.78. The first-order chi connectivity index (χ1) is 6.76. The van der Waals surface area contributed by atoms with E-state index in [1.165, 1.54) is 7.11 Å². The smallest absolute Gasteiger partial charge is 0.411 e. The number of nitrogens with one attached hydrogen (secondary N) is 2. The third-order valence-corrected chi connectivity index (χ3v) is 1.52. The van der Waals surface area contributed by atoms with E-state index >= 15 is 0 Å². The van der Waals surface area contributed by atoms with Gasteiger partial charge in [0.05, 0.1) is 7.11 Å². The number of amides is 2. The molecule has 5 nitrogen and oxygen atoms in total. The Labute approximate surface area is 81.1 Å². The van der Waals surface area contributed by atoms with Crippen molar-refractivity contribution < 1.29 is 14.3 Å².